The van der Waals surface area contributed by atoms with Crippen molar-refractivity contribution in [2.75, 3.05) is 32.5 Å². The van der Waals surface area contributed by atoms with E-state index in [4.69, 9.17) is 5.26 Å². The molecule has 5 heteroatoms. The molecule has 2 N–H and O–H groups in total. The number of hydrogen-bond acceptors (Lipinski definition) is 5. The van der Waals surface area contributed by atoms with Crippen LogP contribution in [0.1, 0.15) is 16.8 Å². The number of aromatic nitrogens is 1. The second-order valence-corrected chi connectivity index (χ2v) is 4.70. The van der Waals surface area contributed by atoms with Gasteiger partial charge in [0.1, 0.15) is 11.9 Å². The molecule has 0 spiro atoms. The summed E-state index contributed by atoms with van der Waals surface area (Å²) in [6.45, 7) is 4.77. The molecule has 5 nitrogen and oxygen atoms in total. The van der Waals surface area contributed by atoms with Crippen LogP contribution in [0.5, 0.6) is 0 Å². The van der Waals surface area contributed by atoms with E-state index in [2.05, 4.69) is 16.4 Å². The molecule has 1 unspecified atom stereocenters. The molecule has 1 heterocycles. The highest BCUT2D eigenvalue weighted by Crippen LogP contribution is 2.15. The molecule has 1 atom stereocenters. The Labute approximate surface area is 108 Å². The molecule has 0 saturated heterocycles. The Bertz CT molecular complexity index is 451. The van der Waals surface area contributed by atoms with Crippen molar-refractivity contribution < 1.29 is 5.11 Å². The highest BCUT2D eigenvalue weighted by Gasteiger charge is 2.10. The van der Waals surface area contributed by atoms with Crippen LogP contribution in [0.25, 0.3) is 0 Å². The van der Waals surface area contributed by atoms with Crippen LogP contribution < -0.4 is 5.32 Å². The third-order valence-corrected chi connectivity index (χ3v) is 2.67. The third-order valence-electron chi connectivity index (χ3n) is 2.67. The molecule has 0 aromatic carbocycles. The number of likely N-dealkylation sites (N-methyl/N-ethyl adjacent to an activating group) is 1. The number of nitrogens with one attached hydrogen (secondary N) is 1. The summed E-state index contributed by atoms with van der Waals surface area (Å²) in [5.74, 6) is 0.540. The molecule has 1 aromatic rings. The summed E-state index contributed by atoms with van der Waals surface area (Å²) in [5, 5.41) is 21.8. The number of nitrogens with zero attached hydrogens (tertiary/aromatic N) is 3. The van der Waals surface area contributed by atoms with Gasteiger partial charge in [-0.15, -0.1) is 0 Å². The highest BCUT2D eigenvalue weighted by molar-refractivity contribution is 5.54. The molecular formula is C13H20N4O. The van der Waals surface area contributed by atoms with Gasteiger partial charge in [0.05, 0.1) is 11.7 Å². The number of aliphatic hydroxyl groups excluding tert-OH is 1. The lowest BCUT2D eigenvalue weighted by molar-refractivity contribution is 0.148. The first-order valence-corrected chi connectivity index (χ1v) is 5.89. The molecule has 0 aliphatic heterocycles. The van der Waals surface area contributed by atoms with E-state index in [1.807, 2.05) is 38.9 Å². The van der Waals surface area contributed by atoms with E-state index in [1.165, 1.54) is 0 Å². The molecule has 0 aliphatic carbocycles. The number of anilines is 1. The van der Waals surface area contributed by atoms with Gasteiger partial charge in [0.25, 0.3) is 0 Å². The minimum Gasteiger partial charge on any atom is -0.390 e. The molecule has 0 amide bonds. The van der Waals surface area contributed by atoms with Crippen molar-refractivity contribution in [3.63, 3.8) is 0 Å². The van der Waals surface area contributed by atoms with Crippen molar-refractivity contribution >= 4 is 5.82 Å². The Kier molecular flexibility index (Phi) is 5.08. The predicted octanol–water partition coefficient (Wildman–Crippen LogP) is 0.905. The van der Waals surface area contributed by atoms with Crippen molar-refractivity contribution in [1.29, 1.82) is 5.26 Å². The molecule has 0 saturated carbocycles. The van der Waals surface area contributed by atoms with Crippen LogP contribution in [0.2, 0.25) is 0 Å². The van der Waals surface area contributed by atoms with Crippen LogP contribution in [-0.4, -0.2) is 48.3 Å². The first-order valence-electron chi connectivity index (χ1n) is 5.89. The Morgan fingerprint density at radius 2 is 2.17 bits per heavy atom. The minimum absolute atomic E-state index is 0.377. The fourth-order valence-electron chi connectivity index (χ4n) is 1.63. The van der Waals surface area contributed by atoms with Crippen molar-refractivity contribution in [2.24, 2.45) is 0 Å². The molecule has 0 radical (unpaired) electrons. The molecule has 98 valence electrons. The Balaban J connectivity index is 2.73. The Morgan fingerprint density at radius 1 is 1.50 bits per heavy atom. The quantitative estimate of drug-likeness (QED) is 0.810. The average Bonchev–Trinajstić information content (AvgIpc) is 2.29. The first kappa shape index (κ1) is 14.4. The lowest BCUT2D eigenvalue weighted by Gasteiger charge is -2.17. The first-order chi connectivity index (χ1) is 8.43. The second kappa shape index (κ2) is 6.34. The summed E-state index contributed by atoms with van der Waals surface area (Å²) < 4.78 is 0. The van der Waals surface area contributed by atoms with E-state index in [-0.39, 0.29) is 0 Å². The van der Waals surface area contributed by atoms with E-state index in [9.17, 15) is 5.11 Å². The number of hydrogen-bond donors (Lipinski definition) is 2. The fraction of sp³-hybridized carbons (Fsp3) is 0.538. The van der Waals surface area contributed by atoms with E-state index >= 15 is 0 Å². The van der Waals surface area contributed by atoms with Crippen molar-refractivity contribution in [3.8, 4) is 6.07 Å². The minimum atomic E-state index is -0.491. The van der Waals surface area contributed by atoms with Crippen LogP contribution in [0.3, 0.4) is 0 Å². The predicted molar refractivity (Wildman–Crippen MR) is 71.5 cm³/mol. The molecule has 18 heavy (non-hydrogen) atoms. The van der Waals surface area contributed by atoms with E-state index in [0.29, 0.717) is 24.5 Å². The monoisotopic (exact) mass is 248 g/mol. The van der Waals surface area contributed by atoms with Gasteiger partial charge in [0.15, 0.2) is 0 Å². The summed E-state index contributed by atoms with van der Waals surface area (Å²) in [5.41, 5.74) is 2.39. The molecule has 1 aromatic heterocycles. The maximum Gasteiger partial charge on any atom is 0.144 e. The van der Waals surface area contributed by atoms with Crippen LogP contribution in [-0.2, 0) is 0 Å². The highest BCUT2D eigenvalue weighted by atomic mass is 16.3. The van der Waals surface area contributed by atoms with Crippen molar-refractivity contribution in [3.05, 3.63) is 22.9 Å². The maximum atomic E-state index is 9.75. The Morgan fingerprint density at radius 3 is 2.72 bits per heavy atom. The molecule has 0 bridgehead atoms. The van der Waals surface area contributed by atoms with Gasteiger partial charge in [-0.2, -0.15) is 5.26 Å². The molecular weight excluding hydrogens is 228 g/mol. The van der Waals surface area contributed by atoms with Gasteiger partial charge < -0.3 is 15.3 Å². The maximum absolute atomic E-state index is 9.75. The second-order valence-electron chi connectivity index (χ2n) is 4.70. The van der Waals surface area contributed by atoms with Gasteiger partial charge >= 0.3 is 0 Å². The summed E-state index contributed by atoms with van der Waals surface area (Å²) in [4.78, 5) is 6.24. The van der Waals surface area contributed by atoms with Crippen LogP contribution in [0, 0.1) is 25.2 Å². The number of pyridine rings is 1. The number of aliphatic hydroxyl groups is 1. The van der Waals surface area contributed by atoms with Crippen molar-refractivity contribution in [2.45, 2.75) is 20.0 Å². The summed E-state index contributed by atoms with van der Waals surface area (Å²) in [6.07, 6.45) is -0.491. The van der Waals surface area contributed by atoms with Gasteiger partial charge in [0.2, 0.25) is 0 Å². The van der Waals surface area contributed by atoms with Gasteiger partial charge in [-0.1, -0.05) is 0 Å². The fourth-order valence-corrected chi connectivity index (χ4v) is 1.63. The molecule has 0 aliphatic rings. The largest absolute Gasteiger partial charge is 0.390 e. The van der Waals surface area contributed by atoms with Gasteiger partial charge in [0, 0.05) is 18.8 Å². The zero-order valence-corrected chi connectivity index (χ0v) is 11.4. The normalized spacial score (nSPS) is 12.3. The van der Waals surface area contributed by atoms with Crippen molar-refractivity contribution in [1.82, 2.24) is 9.88 Å². The van der Waals surface area contributed by atoms with Gasteiger partial charge in [-0.3, -0.25) is 0 Å². The van der Waals surface area contributed by atoms with E-state index < -0.39 is 6.10 Å². The molecule has 0 fully saturated rings. The summed E-state index contributed by atoms with van der Waals surface area (Å²) in [7, 11) is 3.80. The molecule has 1 rings (SSSR count). The third kappa shape index (κ3) is 3.99. The SMILES string of the molecule is Cc1cc(C#N)c(NCC(O)CN(C)C)nc1C. The summed E-state index contributed by atoms with van der Waals surface area (Å²) >= 11 is 0. The topological polar surface area (TPSA) is 72.2 Å². The van der Waals surface area contributed by atoms with Crippen LogP contribution in [0.4, 0.5) is 5.82 Å². The Hall–Kier alpha value is -1.64. The van der Waals surface area contributed by atoms with Crippen LogP contribution >= 0.6 is 0 Å². The average molecular weight is 248 g/mol. The zero-order valence-electron chi connectivity index (χ0n) is 11.4. The van der Waals surface area contributed by atoms with Crippen LogP contribution in [0.15, 0.2) is 6.07 Å². The smallest absolute Gasteiger partial charge is 0.144 e. The lowest BCUT2D eigenvalue weighted by Crippen LogP contribution is -2.31. The van der Waals surface area contributed by atoms with Gasteiger partial charge in [-0.25, -0.2) is 4.98 Å². The number of nitriles is 1. The number of aryl methyl sites for hydroxylation is 2. The lowest BCUT2D eigenvalue weighted by atomic mass is 10.1. The summed E-state index contributed by atoms with van der Waals surface area (Å²) in [6, 6.07) is 3.92. The standard InChI is InChI=1S/C13H20N4O/c1-9-5-11(6-14)13(16-10(9)2)15-7-12(18)8-17(3)4/h5,12,18H,7-8H2,1-4H3,(H,15,16). The van der Waals surface area contributed by atoms with Gasteiger partial charge in [-0.05, 0) is 39.6 Å². The van der Waals surface area contributed by atoms with E-state index in [1.54, 1.807) is 0 Å². The van der Waals surface area contributed by atoms with E-state index in [0.717, 1.165) is 11.3 Å². The zero-order chi connectivity index (χ0) is 13.7. The number of rotatable bonds is 5.